The minimum absolute atomic E-state index is 0.552. The molecule has 1 saturated heterocycles. The van der Waals surface area contributed by atoms with Crippen LogP contribution in [0, 0.1) is 6.92 Å². The van der Waals surface area contributed by atoms with Crippen molar-refractivity contribution < 1.29 is 0 Å². The summed E-state index contributed by atoms with van der Waals surface area (Å²) in [6.07, 6.45) is 2.74. The number of rotatable bonds is 5. The van der Waals surface area contributed by atoms with Crippen molar-refractivity contribution in [3.05, 3.63) is 33.8 Å². The molecular weight excluding hydrogens is 288 g/mol. The van der Waals surface area contributed by atoms with Crippen molar-refractivity contribution in [3.8, 4) is 0 Å². The zero-order chi connectivity index (χ0) is 13.0. The van der Waals surface area contributed by atoms with Crippen LogP contribution in [0.1, 0.15) is 30.9 Å². The van der Waals surface area contributed by atoms with E-state index >= 15 is 0 Å². The molecule has 1 unspecified atom stereocenters. The zero-order valence-electron chi connectivity index (χ0n) is 11.4. The van der Waals surface area contributed by atoms with Gasteiger partial charge in [-0.2, -0.15) is 0 Å². The first-order valence-corrected chi connectivity index (χ1v) is 7.65. The van der Waals surface area contributed by atoms with Crippen LogP contribution in [0.15, 0.2) is 22.7 Å². The maximum absolute atomic E-state index is 3.63. The summed E-state index contributed by atoms with van der Waals surface area (Å²) in [6, 6.07) is 7.11. The molecule has 1 fully saturated rings. The number of benzene rings is 1. The average molecular weight is 311 g/mol. The maximum atomic E-state index is 3.63. The predicted octanol–water partition coefficient (Wildman–Crippen LogP) is 3.33. The summed E-state index contributed by atoms with van der Waals surface area (Å²) in [5.74, 6) is 0. The molecule has 100 valence electrons. The highest BCUT2D eigenvalue weighted by molar-refractivity contribution is 9.10. The first-order valence-electron chi connectivity index (χ1n) is 6.86. The summed E-state index contributed by atoms with van der Waals surface area (Å²) in [5, 5.41) is 3.61. The van der Waals surface area contributed by atoms with Gasteiger partial charge < -0.3 is 10.2 Å². The van der Waals surface area contributed by atoms with Crippen LogP contribution in [-0.2, 0) is 6.54 Å². The van der Waals surface area contributed by atoms with Crippen molar-refractivity contribution in [2.45, 2.75) is 39.3 Å². The SMILES string of the molecule is Cc1ccc(CNC(C)CN2CCCC2)c(Br)c1. The Labute approximate surface area is 119 Å². The van der Waals surface area contributed by atoms with Crippen LogP contribution in [0.5, 0.6) is 0 Å². The van der Waals surface area contributed by atoms with Gasteiger partial charge in [0.15, 0.2) is 0 Å². The third-order valence-electron chi connectivity index (χ3n) is 3.58. The van der Waals surface area contributed by atoms with Crippen molar-refractivity contribution in [3.63, 3.8) is 0 Å². The van der Waals surface area contributed by atoms with Crippen molar-refractivity contribution >= 4 is 15.9 Å². The number of hydrogen-bond donors (Lipinski definition) is 1. The fraction of sp³-hybridized carbons (Fsp3) is 0.600. The molecule has 0 radical (unpaired) electrons. The van der Waals surface area contributed by atoms with E-state index in [0.29, 0.717) is 6.04 Å². The van der Waals surface area contributed by atoms with Crippen LogP contribution in [-0.4, -0.2) is 30.6 Å². The number of hydrogen-bond acceptors (Lipinski definition) is 2. The van der Waals surface area contributed by atoms with E-state index in [9.17, 15) is 0 Å². The van der Waals surface area contributed by atoms with Gasteiger partial charge in [0, 0.05) is 23.6 Å². The Morgan fingerprint density at radius 2 is 2.06 bits per heavy atom. The molecule has 0 saturated carbocycles. The highest BCUT2D eigenvalue weighted by Crippen LogP contribution is 2.18. The van der Waals surface area contributed by atoms with E-state index in [0.717, 1.165) is 6.54 Å². The minimum Gasteiger partial charge on any atom is -0.309 e. The summed E-state index contributed by atoms with van der Waals surface area (Å²) >= 11 is 3.63. The Hall–Kier alpha value is -0.380. The fourth-order valence-electron chi connectivity index (χ4n) is 2.50. The van der Waals surface area contributed by atoms with Crippen LogP contribution < -0.4 is 5.32 Å². The van der Waals surface area contributed by atoms with Gasteiger partial charge in [0.25, 0.3) is 0 Å². The molecule has 2 nitrogen and oxygen atoms in total. The number of nitrogens with one attached hydrogen (secondary N) is 1. The Morgan fingerprint density at radius 1 is 1.33 bits per heavy atom. The average Bonchev–Trinajstić information content (AvgIpc) is 2.80. The number of likely N-dealkylation sites (tertiary alicyclic amines) is 1. The van der Waals surface area contributed by atoms with Gasteiger partial charge >= 0.3 is 0 Å². The molecule has 1 aromatic carbocycles. The van der Waals surface area contributed by atoms with E-state index < -0.39 is 0 Å². The molecule has 0 bridgehead atoms. The van der Waals surface area contributed by atoms with Crippen LogP contribution in [0.25, 0.3) is 0 Å². The van der Waals surface area contributed by atoms with Crippen molar-refractivity contribution in [1.29, 1.82) is 0 Å². The summed E-state index contributed by atoms with van der Waals surface area (Å²) in [7, 11) is 0. The van der Waals surface area contributed by atoms with E-state index in [2.05, 4.69) is 58.2 Å². The van der Waals surface area contributed by atoms with Crippen molar-refractivity contribution in [2.24, 2.45) is 0 Å². The van der Waals surface area contributed by atoms with Gasteiger partial charge in [-0.15, -0.1) is 0 Å². The lowest BCUT2D eigenvalue weighted by Crippen LogP contribution is -2.37. The maximum Gasteiger partial charge on any atom is 0.0222 e. The lowest BCUT2D eigenvalue weighted by molar-refractivity contribution is 0.298. The molecule has 3 heteroatoms. The molecule has 1 heterocycles. The van der Waals surface area contributed by atoms with E-state index in [1.165, 1.54) is 48.1 Å². The molecule has 1 aromatic rings. The van der Waals surface area contributed by atoms with Gasteiger partial charge in [-0.3, -0.25) is 0 Å². The molecule has 1 aliphatic rings. The van der Waals surface area contributed by atoms with Gasteiger partial charge in [0.2, 0.25) is 0 Å². The Kier molecular flexibility index (Phi) is 5.22. The van der Waals surface area contributed by atoms with E-state index in [4.69, 9.17) is 0 Å². The molecule has 0 aliphatic carbocycles. The van der Waals surface area contributed by atoms with E-state index in [1.54, 1.807) is 0 Å². The van der Waals surface area contributed by atoms with Gasteiger partial charge in [-0.25, -0.2) is 0 Å². The molecule has 18 heavy (non-hydrogen) atoms. The zero-order valence-corrected chi connectivity index (χ0v) is 13.0. The second-order valence-electron chi connectivity index (χ2n) is 5.38. The number of nitrogens with zero attached hydrogens (tertiary/aromatic N) is 1. The number of aryl methyl sites for hydroxylation is 1. The molecule has 0 aromatic heterocycles. The third-order valence-corrected chi connectivity index (χ3v) is 4.32. The highest BCUT2D eigenvalue weighted by Gasteiger charge is 2.14. The summed E-state index contributed by atoms with van der Waals surface area (Å²) in [5.41, 5.74) is 2.64. The second-order valence-corrected chi connectivity index (χ2v) is 6.24. The Bertz CT molecular complexity index is 386. The molecule has 0 spiro atoms. The summed E-state index contributed by atoms with van der Waals surface area (Å²) in [4.78, 5) is 2.56. The molecule has 0 amide bonds. The second kappa shape index (κ2) is 6.69. The smallest absolute Gasteiger partial charge is 0.0222 e. The Morgan fingerprint density at radius 3 is 2.72 bits per heavy atom. The molecule has 1 N–H and O–H groups in total. The van der Waals surface area contributed by atoms with Crippen molar-refractivity contribution in [2.75, 3.05) is 19.6 Å². The van der Waals surface area contributed by atoms with E-state index in [1.807, 2.05) is 0 Å². The first kappa shape index (κ1) is 14.0. The lowest BCUT2D eigenvalue weighted by atomic mass is 10.1. The Balaban J connectivity index is 1.79. The van der Waals surface area contributed by atoms with Crippen LogP contribution in [0.2, 0.25) is 0 Å². The van der Waals surface area contributed by atoms with Crippen LogP contribution in [0.3, 0.4) is 0 Å². The number of halogens is 1. The van der Waals surface area contributed by atoms with Gasteiger partial charge in [0.1, 0.15) is 0 Å². The molecule has 1 atom stereocenters. The topological polar surface area (TPSA) is 15.3 Å². The molecule has 1 aliphatic heterocycles. The highest BCUT2D eigenvalue weighted by atomic mass is 79.9. The van der Waals surface area contributed by atoms with E-state index in [-0.39, 0.29) is 0 Å². The van der Waals surface area contributed by atoms with Crippen LogP contribution >= 0.6 is 15.9 Å². The minimum atomic E-state index is 0.552. The third kappa shape index (κ3) is 4.08. The fourth-order valence-corrected chi connectivity index (χ4v) is 3.13. The van der Waals surface area contributed by atoms with Crippen LogP contribution in [0.4, 0.5) is 0 Å². The molecule has 2 rings (SSSR count). The standard InChI is InChI=1S/C15H23BrN2/c1-12-5-6-14(15(16)9-12)10-17-13(2)11-18-7-3-4-8-18/h5-6,9,13,17H,3-4,7-8,10-11H2,1-2H3. The lowest BCUT2D eigenvalue weighted by Gasteiger charge is -2.21. The first-order chi connectivity index (χ1) is 8.65. The predicted molar refractivity (Wildman–Crippen MR) is 80.9 cm³/mol. The monoisotopic (exact) mass is 310 g/mol. The van der Waals surface area contributed by atoms with Crippen molar-refractivity contribution in [1.82, 2.24) is 10.2 Å². The summed E-state index contributed by atoms with van der Waals surface area (Å²) in [6.45, 7) is 9.07. The largest absolute Gasteiger partial charge is 0.309 e. The summed E-state index contributed by atoms with van der Waals surface area (Å²) < 4.78 is 1.21. The quantitative estimate of drug-likeness (QED) is 0.897. The van der Waals surface area contributed by atoms with Gasteiger partial charge in [-0.05, 0) is 57.0 Å². The molecular formula is C15H23BrN2. The van der Waals surface area contributed by atoms with Gasteiger partial charge in [0.05, 0.1) is 0 Å². The normalized spacial score (nSPS) is 18.2. The van der Waals surface area contributed by atoms with Gasteiger partial charge in [-0.1, -0.05) is 28.1 Å².